The Bertz CT molecular complexity index is 890. The Morgan fingerprint density at radius 2 is 1.87 bits per heavy atom. The largest absolute Gasteiger partial charge is 0.452 e. The fourth-order valence-electron chi connectivity index (χ4n) is 3.84. The minimum absolute atomic E-state index is 0.104. The van der Waals surface area contributed by atoms with E-state index in [1.54, 1.807) is 24.3 Å². The van der Waals surface area contributed by atoms with Crippen molar-refractivity contribution in [3.05, 3.63) is 29.8 Å². The zero-order chi connectivity index (χ0) is 21.9. The van der Waals surface area contributed by atoms with Gasteiger partial charge in [-0.05, 0) is 38.8 Å². The second-order valence-electron chi connectivity index (χ2n) is 7.65. The Kier molecular flexibility index (Phi) is 6.19. The standard InChI is InChI=1S/C21H25N3O6/c1-13(25)15-7-3-4-8-16(15)22-18(27)14(2)30-17(26)9-12-24-19(28)21(23-20(24)29)10-5-6-11-21/h3-4,7-8,14H,5-6,9-12H2,1-2H3,(H,22,27)(H,23,29)/t14-/m1/s1. The van der Waals surface area contributed by atoms with Crippen molar-refractivity contribution in [2.75, 3.05) is 11.9 Å². The quantitative estimate of drug-likeness (QED) is 0.399. The number of carbonyl (C=O) groups is 5. The number of esters is 1. The zero-order valence-corrected chi connectivity index (χ0v) is 17.0. The van der Waals surface area contributed by atoms with E-state index in [2.05, 4.69) is 10.6 Å². The highest BCUT2D eigenvalue weighted by atomic mass is 16.5. The van der Waals surface area contributed by atoms with Crippen LogP contribution in [0, 0.1) is 0 Å². The summed E-state index contributed by atoms with van der Waals surface area (Å²) in [6, 6.07) is 6.03. The number of hydrogen-bond acceptors (Lipinski definition) is 6. The fourth-order valence-corrected chi connectivity index (χ4v) is 3.84. The monoisotopic (exact) mass is 415 g/mol. The molecule has 1 aromatic carbocycles. The van der Waals surface area contributed by atoms with Gasteiger partial charge in [-0.2, -0.15) is 0 Å². The third-order valence-corrected chi connectivity index (χ3v) is 5.48. The van der Waals surface area contributed by atoms with E-state index in [0.29, 0.717) is 24.1 Å². The molecule has 30 heavy (non-hydrogen) atoms. The Morgan fingerprint density at radius 1 is 1.20 bits per heavy atom. The number of para-hydroxylation sites is 1. The molecule has 2 fully saturated rings. The van der Waals surface area contributed by atoms with Crippen molar-refractivity contribution in [1.82, 2.24) is 10.2 Å². The van der Waals surface area contributed by atoms with Gasteiger partial charge in [0, 0.05) is 12.1 Å². The lowest BCUT2D eigenvalue weighted by Gasteiger charge is -2.20. The van der Waals surface area contributed by atoms with Gasteiger partial charge in [0.1, 0.15) is 5.54 Å². The van der Waals surface area contributed by atoms with Crippen molar-refractivity contribution < 1.29 is 28.7 Å². The molecular weight excluding hydrogens is 390 g/mol. The SMILES string of the molecule is CC(=O)c1ccccc1NC(=O)[C@@H](C)OC(=O)CCN1C(=O)NC2(CCCC2)C1=O. The van der Waals surface area contributed by atoms with Crippen LogP contribution in [-0.4, -0.2) is 52.7 Å². The number of rotatable bonds is 7. The van der Waals surface area contributed by atoms with E-state index in [1.165, 1.54) is 13.8 Å². The van der Waals surface area contributed by atoms with Gasteiger partial charge in [-0.15, -0.1) is 0 Å². The van der Waals surface area contributed by atoms with Crippen LogP contribution in [0.3, 0.4) is 0 Å². The third-order valence-electron chi connectivity index (χ3n) is 5.48. The maximum Gasteiger partial charge on any atom is 0.325 e. The van der Waals surface area contributed by atoms with Gasteiger partial charge in [0.15, 0.2) is 11.9 Å². The summed E-state index contributed by atoms with van der Waals surface area (Å²) in [5.41, 5.74) is -0.138. The second kappa shape index (κ2) is 8.64. The molecule has 1 atom stereocenters. The van der Waals surface area contributed by atoms with Crippen LogP contribution in [-0.2, 0) is 19.1 Å². The summed E-state index contributed by atoms with van der Waals surface area (Å²) in [5, 5.41) is 5.32. The van der Waals surface area contributed by atoms with Crippen LogP contribution >= 0.6 is 0 Å². The van der Waals surface area contributed by atoms with Crippen molar-refractivity contribution in [3.8, 4) is 0 Å². The first-order chi connectivity index (χ1) is 14.2. The van der Waals surface area contributed by atoms with Gasteiger partial charge >= 0.3 is 12.0 Å². The van der Waals surface area contributed by atoms with Gasteiger partial charge in [-0.25, -0.2) is 4.79 Å². The van der Waals surface area contributed by atoms with Crippen LogP contribution in [0.5, 0.6) is 0 Å². The number of nitrogens with one attached hydrogen (secondary N) is 2. The summed E-state index contributed by atoms with van der Waals surface area (Å²) >= 11 is 0. The number of ketones is 1. The molecule has 1 aliphatic carbocycles. The summed E-state index contributed by atoms with van der Waals surface area (Å²) in [6.45, 7) is 2.69. The molecule has 1 saturated carbocycles. The van der Waals surface area contributed by atoms with Crippen molar-refractivity contribution >= 4 is 35.3 Å². The van der Waals surface area contributed by atoms with Gasteiger partial charge in [0.25, 0.3) is 11.8 Å². The van der Waals surface area contributed by atoms with Crippen LogP contribution < -0.4 is 10.6 Å². The summed E-state index contributed by atoms with van der Waals surface area (Å²) in [7, 11) is 0. The maximum absolute atomic E-state index is 12.6. The number of hydrogen-bond donors (Lipinski definition) is 2. The predicted octanol–water partition coefficient (Wildman–Crippen LogP) is 2.01. The topological polar surface area (TPSA) is 122 Å². The Balaban J connectivity index is 1.51. The molecule has 3 rings (SSSR count). The molecule has 1 saturated heterocycles. The molecule has 160 valence electrons. The molecule has 2 aliphatic rings. The van der Waals surface area contributed by atoms with Gasteiger partial charge in [-0.3, -0.25) is 24.1 Å². The summed E-state index contributed by atoms with van der Waals surface area (Å²) in [5.74, 6) is -1.80. The lowest BCUT2D eigenvalue weighted by Crippen LogP contribution is -2.44. The minimum atomic E-state index is -1.11. The molecule has 0 radical (unpaired) electrons. The average molecular weight is 415 g/mol. The number of benzene rings is 1. The van der Waals surface area contributed by atoms with Crippen LogP contribution in [0.2, 0.25) is 0 Å². The number of amides is 4. The molecular formula is C21H25N3O6. The van der Waals surface area contributed by atoms with Crippen molar-refractivity contribution in [2.45, 2.75) is 57.6 Å². The number of ether oxygens (including phenoxy) is 1. The number of carbonyl (C=O) groups excluding carboxylic acids is 5. The lowest BCUT2D eigenvalue weighted by molar-refractivity contribution is -0.153. The highest BCUT2D eigenvalue weighted by Gasteiger charge is 2.52. The Morgan fingerprint density at radius 3 is 2.53 bits per heavy atom. The average Bonchev–Trinajstić information content (AvgIpc) is 3.25. The highest BCUT2D eigenvalue weighted by Crippen LogP contribution is 2.35. The molecule has 1 aliphatic heterocycles. The minimum Gasteiger partial charge on any atom is -0.452 e. The van der Waals surface area contributed by atoms with Crippen LogP contribution in [0.25, 0.3) is 0 Å². The normalized spacial score (nSPS) is 18.3. The molecule has 2 N–H and O–H groups in total. The van der Waals surface area contributed by atoms with Crippen LogP contribution in [0.1, 0.15) is 56.3 Å². The molecule has 0 aromatic heterocycles. The van der Waals surface area contributed by atoms with E-state index in [9.17, 15) is 24.0 Å². The smallest absolute Gasteiger partial charge is 0.325 e. The third kappa shape index (κ3) is 4.34. The first-order valence-corrected chi connectivity index (χ1v) is 9.98. The Hall–Kier alpha value is -3.23. The first-order valence-electron chi connectivity index (χ1n) is 9.98. The van der Waals surface area contributed by atoms with E-state index in [-0.39, 0.29) is 24.7 Å². The number of anilines is 1. The van der Waals surface area contributed by atoms with E-state index in [4.69, 9.17) is 4.74 Å². The molecule has 4 amide bonds. The van der Waals surface area contributed by atoms with Crippen molar-refractivity contribution in [3.63, 3.8) is 0 Å². The van der Waals surface area contributed by atoms with Gasteiger partial charge in [-0.1, -0.05) is 25.0 Å². The number of Topliss-reactive ketones (excluding diaryl/α,β-unsaturated/α-hetero) is 1. The molecule has 1 heterocycles. The number of urea groups is 1. The van der Waals surface area contributed by atoms with E-state index < -0.39 is 29.6 Å². The van der Waals surface area contributed by atoms with E-state index in [1.807, 2.05) is 0 Å². The molecule has 1 aromatic rings. The van der Waals surface area contributed by atoms with Gasteiger partial charge < -0.3 is 15.4 Å². The van der Waals surface area contributed by atoms with E-state index in [0.717, 1.165) is 17.7 Å². The molecule has 0 bridgehead atoms. The van der Waals surface area contributed by atoms with E-state index >= 15 is 0 Å². The Labute approximate surface area is 174 Å². The molecule has 9 heteroatoms. The first kappa shape index (κ1) is 21.5. The maximum atomic E-state index is 12.6. The zero-order valence-electron chi connectivity index (χ0n) is 17.0. The summed E-state index contributed by atoms with van der Waals surface area (Å²) in [6.07, 6.45) is 1.65. The predicted molar refractivity (Wildman–Crippen MR) is 107 cm³/mol. The number of nitrogens with zero attached hydrogens (tertiary/aromatic N) is 1. The van der Waals surface area contributed by atoms with Crippen LogP contribution in [0.4, 0.5) is 10.5 Å². The highest BCUT2D eigenvalue weighted by molar-refractivity contribution is 6.07. The molecule has 9 nitrogen and oxygen atoms in total. The van der Waals surface area contributed by atoms with Crippen molar-refractivity contribution in [2.24, 2.45) is 0 Å². The molecule has 1 spiro atoms. The van der Waals surface area contributed by atoms with Gasteiger partial charge in [0.2, 0.25) is 0 Å². The summed E-state index contributed by atoms with van der Waals surface area (Å²) < 4.78 is 5.13. The fraction of sp³-hybridized carbons (Fsp3) is 0.476. The molecule has 0 unspecified atom stereocenters. The lowest BCUT2D eigenvalue weighted by atomic mass is 9.98. The van der Waals surface area contributed by atoms with Gasteiger partial charge in [0.05, 0.1) is 12.1 Å². The number of imide groups is 1. The van der Waals surface area contributed by atoms with Crippen LogP contribution in [0.15, 0.2) is 24.3 Å². The van der Waals surface area contributed by atoms with Crippen molar-refractivity contribution in [1.29, 1.82) is 0 Å². The summed E-state index contributed by atoms with van der Waals surface area (Å²) in [4.78, 5) is 61.9. The second-order valence-corrected chi connectivity index (χ2v) is 7.65.